The third kappa shape index (κ3) is 4.04. The van der Waals surface area contributed by atoms with Gasteiger partial charge in [-0.1, -0.05) is 0 Å². The molecule has 1 saturated heterocycles. The van der Waals surface area contributed by atoms with Crippen molar-refractivity contribution in [3.05, 3.63) is 63.0 Å². The van der Waals surface area contributed by atoms with Crippen LogP contribution in [0.1, 0.15) is 29.4 Å². The molecule has 9 heteroatoms. The number of carbonyl (C=O) groups is 1. The van der Waals surface area contributed by atoms with Gasteiger partial charge in [0.2, 0.25) is 17.1 Å². The molecule has 6 nitrogen and oxygen atoms in total. The summed E-state index contributed by atoms with van der Waals surface area (Å²) in [4.78, 5) is 26.1. The van der Waals surface area contributed by atoms with Crippen LogP contribution in [0.2, 0.25) is 0 Å². The molecule has 1 aliphatic rings. The Hall–Kier alpha value is -2.81. The summed E-state index contributed by atoms with van der Waals surface area (Å²) in [6, 6.07) is 2.49. The van der Waals surface area contributed by atoms with Crippen LogP contribution in [0.4, 0.5) is 13.2 Å². The number of aromatic hydroxyl groups is 1. The SMILES string of the molecule is Cc1cc(=O)c(O)c([C@@H](CC(=O)N2CCOCC2)c2cc(F)c(F)c(F)c2)o1. The molecular formula is C19H18F3NO5. The first kappa shape index (κ1) is 19.9. The molecule has 1 aromatic heterocycles. The van der Waals surface area contributed by atoms with Crippen LogP contribution in [0.3, 0.4) is 0 Å². The highest BCUT2D eigenvalue weighted by Crippen LogP contribution is 2.34. The number of hydrogen-bond donors (Lipinski definition) is 1. The van der Waals surface area contributed by atoms with E-state index in [0.29, 0.717) is 26.3 Å². The number of aryl methyl sites for hydroxylation is 1. The molecule has 0 aliphatic carbocycles. The molecule has 0 saturated carbocycles. The molecule has 0 spiro atoms. The van der Waals surface area contributed by atoms with Gasteiger partial charge >= 0.3 is 0 Å². The third-order valence-electron chi connectivity index (χ3n) is 4.54. The van der Waals surface area contributed by atoms with Crippen molar-refractivity contribution < 1.29 is 32.2 Å². The van der Waals surface area contributed by atoms with E-state index < -0.39 is 34.5 Å². The van der Waals surface area contributed by atoms with E-state index in [4.69, 9.17) is 9.15 Å². The van der Waals surface area contributed by atoms with Crippen molar-refractivity contribution in [3.8, 4) is 5.75 Å². The summed E-state index contributed by atoms with van der Waals surface area (Å²) in [7, 11) is 0. The molecule has 3 rings (SSSR count). The standard InChI is InChI=1S/C19H18F3NO5/c1-10-6-15(24)18(26)19(28-10)12(9-16(25)23-2-4-27-5-3-23)11-7-13(20)17(22)14(21)8-11/h6-8,12,26H,2-5,9H2,1H3/t12-/m0/s1. The van der Waals surface area contributed by atoms with Crippen LogP contribution in [-0.2, 0) is 9.53 Å². The van der Waals surface area contributed by atoms with Gasteiger partial charge in [-0.15, -0.1) is 0 Å². The predicted molar refractivity (Wildman–Crippen MR) is 91.6 cm³/mol. The van der Waals surface area contributed by atoms with E-state index in [-0.39, 0.29) is 29.4 Å². The summed E-state index contributed by atoms with van der Waals surface area (Å²) in [5.74, 6) is -7.06. The van der Waals surface area contributed by atoms with Gasteiger partial charge in [-0.25, -0.2) is 13.2 Å². The van der Waals surface area contributed by atoms with Gasteiger partial charge in [0.05, 0.1) is 19.1 Å². The lowest BCUT2D eigenvalue weighted by Gasteiger charge is -2.28. The summed E-state index contributed by atoms with van der Waals surface area (Å²) in [5, 5.41) is 10.2. The summed E-state index contributed by atoms with van der Waals surface area (Å²) in [6.07, 6.45) is -0.343. The van der Waals surface area contributed by atoms with Crippen molar-refractivity contribution in [2.24, 2.45) is 0 Å². The van der Waals surface area contributed by atoms with E-state index in [1.807, 2.05) is 0 Å². The normalized spacial score (nSPS) is 15.5. The summed E-state index contributed by atoms with van der Waals surface area (Å²) in [6.45, 7) is 2.82. The summed E-state index contributed by atoms with van der Waals surface area (Å²) in [5.41, 5.74) is -0.896. The fraction of sp³-hybridized carbons (Fsp3) is 0.368. The smallest absolute Gasteiger partial charge is 0.227 e. The quantitative estimate of drug-likeness (QED) is 0.802. The van der Waals surface area contributed by atoms with Crippen LogP contribution in [0.25, 0.3) is 0 Å². The number of rotatable bonds is 4. The minimum absolute atomic E-state index is 0.137. The Morgan fingerprint density at radius 2 is 1.79 bits per heavy atom. The Morgan fingerprint density at radius 1 is 1.18 bits per heavy atom. The van der Waals surface area contributed by atoms with Gasteiger partial charge in [-0.3, -0.25) is 9.59 Å². The highest BCUT2D eigenvalue weighted by atomic mass is 19.2. The molecule has 1 N–H and O–H groups in total. The molecule has 1 aliphatic heterocycles. The highest BCUT2D eigenvalue weighted by Gasteiger charge is 2.30. The number of halogens is 3. The van der Waals surface area contributed by atoms with Crippen molar-refractivity contribution >= 4 is 5.91 Å². The maximum atomic E-state index is 13.8. The van der Waals surface area contributed by atoms with Gasteiger partial charge in [0, 0.05) is 25.6 Å². The molecule has 1 atom stereocenters. The lowest BCUT2D eigenvalue weighted by molar-refractivity contribution is -0.135. The zero-order valence-corrected chi connectivity index (χ0v) is 15.0. The minimum atomic E-state index is -1.66. The first-order valence-electron chi connectivity index (χ1n) is 8.61. The average molecular weight is 397 g/mol. The Kier molecular flexibility index (Phi) is 5.73. The molecule has 28 heavy (non-hydrogen) atoms. The number of morpholine rings is 1. The zero-order valence-electron chi connectivity index (χ0n) is 15.0. The average Bonchev–Trinajstić information content (AvgIpc) is 2.67. The van der Waals surface area contributed by atoms with Crippen LogP contribution in [0.5, 0.6) is 5.75 Å². The van der Waals surface area contributed by atoms with Gasteiger partial charge in [-0.2, -0.15) is 0 Å². The van der Waals surface area contributed by atoms with E-state index >= 15 is 0 Å². The monoisotopic (exact) mass is 397 g/mol. The van der Waals surface area contributed by atoms with E-state index in [1.54, 1.807) is 0 Å². The molecule has 0 radical (unpaired) electrons. The molecule has 1 amide bonds. The van der Waals surface area contributed by atoms with E-state index in [0.717, 1.165) is 18.2 Å². The molecule has 0 bridgehead atoms. The summed E-state index contributed by atoms with van der Waals surface area (Å²) < 4.78 is 51.6. The largest absolute Gasteiger partial charge is 0.502 e. The second-order valence-electron chi connectivity index (χ2n) is 6.48. The van der Waals surface area contributed by atoms with Crippen LogP contribution in [0, 0.1) is 24.4 Å². The second-order valence-corrected chi connectivity index (χ2v) is 6.48. The number of hydrogen-bond acceptors (Lipinski definition) is 5. The second kappa shape index (κ2) is 8.05. The zero-order chi connectivity index (χ0) is 20.4. The van der Waals surface area contributed by atoms with Crippen molar-refractivity contribution in [2.75, 3.05) is 26.3 Å². The van der Waals surface area contributed by atoms with Crippen molar-refractivity contribution in [2.45, 2.75) is 19.3 Å². The molecular weight excluding hydrogens is 379 g/mol. The van der Waals surface area contributed by atoms with E-state index in [2.05, 4.69) is 0 Å². The minimum Gasteiger partial charge on any atom is -0.502 e. The Morgan fingerprint density at radius 3 is 2.39 bits per heavy atom. The first-order valence-corrected chi connectivity index (χ1v) is 8.61. The molecule has 1 fully saturated rings. The maximum Gasteiger partial charge on any atom is 0.227 e. The van der Waals surface area contributed by atoms with Crippen LogP contribution >= 0.6 is 0 Å². The predicted octanol–water partition coefficient (Wildman–Crippen LogP) is 2.45. The van der Waals surface area contributed by atoms with Crippen molar-refractivity contribution in [1.82, 2.24) is 4.90 Å². The van der Waals surface area contributed by atoms with E-state index in [9.17, 15) is 27.9 Å². The van der Waals surface area contributed by atoms with Gasteiger partial charge in [-0.05, 0) is 24.6 Å². The maximum absolute atomic E-state index is 13.8. The van der Waals surface area contributed by atoms with Crippen molar-refractivity contribution in [3.63, 3.8) is 0 Å². The number of nitrogens with zero attached hydrogens (tertiary/aromatic N) is 1. The van der Waals surface area contributed by atoms with Crippen LogP contribution in [0.15, 0.2) is 27.4 Å². The highest BCUT2D eigenvalue weighted by molar-refractivity contribution is 5.78. The first-order chi connectivity index (χ1) is 13.3. The molecule has 2 heterocycles. The van der Waals surface area contributed by atoms with E-state index in [1.165, 1.54) is 11.8 Å². The van der Waals surface area contributed by atoms with Crippen molar-refractivity contribution in [1.29, 1.82) is 0 Å². The topological polar surface area (TPSA) is 80.0 Å². The van der Waals surface area contributed by atoms with Gasteiger partial charge in [0.15, 0.2) is 23.2 Å². The van der Waals surface area contributed by atoms with Crippen LogP contribution < -0.4 is 5.43 Å². The Balaban J connectivity index is 2.06. The molecule has 0 unspecified atom stereocenters. The fourth-order valence-corrected chi connectivity index (χ4v) is 3.12. The molecule has 1 aromatic carbocycles. The fourth-order valence-electron chi connectivity index (χ4n) is 3.12. The van der Waals surface area contributed by atoms with Gasteiger partial charge in [0.1, 0.15) is 5.76 Å². The Bertz CT molecular complexity index is 930. The summed E-state index contributed by atoms with van der Waals surface area (Å²) >= 11 is 0. The molecule has 2 aromatic rings. The molecule has 150 valence electrons. The number of ether oxygens (including phenoxy) is 1. The number of amides is 1. The van der Waals surface area contributed by atoms with Gasteiger partial charge in [0.25, 0.3) is 0 Å². The number of carbonyl (C=O) groups excluding carboxylic acids is 1. The Labute approximate surface area is 158 Å². The third-order valence-corrected chi connectivity index (χ3v) is 4.54. The lowest BCUT2D eigenvalue weighted by Crippen LogP contribution is -2.41. The number of benzene rings is 1. The van der Waals surface area contributed by atoms with Gasteiger partial charge < -0.3 is 19.2 Å². The lowest BCUT2D eigenvalue weighted by atomic mass is 9.91. The van der Waals surface area contributed by atoms with Crippen LogP contribution in [-0.4, -0.2) is 42.2 Å².